The molecule has 0 atom stereocenters. The van der Waals surface area contributed by atoms with Gasteiger partial charge in [0.2, 0.25) is 0 Å². The first-order valence-electron chi connectivity index (χ1n) is 7.32. The fourth-order valence-corrected chi connectivity index (χ4v) is 3.75. The number of fused-ring (bicyclic) bond motifs is 1. The highest BCUT2D eigenvalue weighted by Gasteiger charge is 2.30. The summed E-state index contributed by atoms with van der Waals surface area (Å²) < 4.78 is 2.40. The summed E-state index contributed by atoms with van der Waals surface area (Å²) in [6.45, 7) is 4.65. The summed E-state index contributed by atoms with van der Waals surface area (Å²) in [5.74, 6) is 1.06. The Kier molecular flexibility index (Phi) is 2.87. The van der Waals surface area contributed by atoms with Crippen LogP contribution in [0.3, 0.4) is 0 Å². The molecule has 0 amide bonds. The van der Waals surface area contributed by atoms with E-state index in [0.29, 0.717) is 12.6 Å². The van der Waals surface area contributed by atoms with Gasteiger partial charge in [-0.1, -0.05) is 6.07 Å². The minimum absolute atomic E-state index is 0.494. The first-order valence-corrected chi connectivity index (χ1v) is 8.14. The van der Waals surface area contributed by atoms with Crippen LogP contribution in [0, 0.1) is 13.8 Å². The number of imidazole rings is 1. The number of aryl methyl sites for hydroxylation is 2. The summed E-state index contributed by atoms with van der Waals surface area (Å²) in [6, 6.07) is 7.12. The molecule has 2 aromatic heterocycles. The van der Waals surface area contributed by atoms with E-state index in [0.717, 1.165) is 26.9 Å². The van der Waals surface area contributed by atoms with Crippen molar-refractivity contribution < 1.29 is 0 Å². The van der Waals surface area contributed by atoms with Crippen molar-refractivity contribution >= 4 is 22.4 Å². The second-order valence-electron chi connectivity index (χ2n) is 5.76. The number of hydrogen-bond acceptors (Lipinski definition) is 4. The molecule has 1 aliphatic rings. The van der Waals surface area contributed by atoms with Crippen LogP contribution in [0.4, 0.5) is 0 Å². The van der Waals surface area contributed by atoms with Crippen molar-refractivity contribution in [2.75, 3.05) is 0 Å². The zero-order valence-electron chi connectivity index (χ0n) is 12.3. The normalized spacial score (nSPS) is 15.0. The molecule has 4 nitrogen and oxygen atoms in total. The minimum atomic E-state index is 0.494. The number of hydrogen-bond donors (Lipinski definition) is 1. The molecule has 1 fully saturated rings. The third-order valence-corrected chi connectivity index (χ3v) is 5.15. The lowest BCUT2D eigenvalue weighted by atomic mass is 10.2. The van der Waals surface area contributed by atoms with Crippen molar-refractivity contribution in [1.82, 2.24) is 14.5 Å². The lowest BCUT2D eigenvalue weighted by Gasteiger charge is -2.06. The summed E-state index contributed by atoms with van der Waals surface area (Å²) in [5.41, 5.74) is 10.3. The van der Waals surface area contributed by atoms with E-state index in [1.54, 1.807) is 11.3 Å². The Hall–Kier alpha value is -1.72. The van der Waals surface area contributed by atoms with Crippen LogP contribution >= 0.6 is 11.3 Å². The first kappa shape index (κ1) is 13.0. The van der Waals surface area contributed by atoms with E-state index in [1.807, 2.05) is 6.92 Å². The van der Waals surface area contributed by atoms with Crippen LogP contribution < -0.4 is 5.73 Å². The molecule has 1 aromatic carbocycles. The summed E-state index contributed by atoms with van der Waals surface area (Å²) in [4.78, 5) is 10.6. The highest BCUT2D eigenvalue weighted by molar-refractivity contribution is 7.15. The van der Waals surface area contributed by atoms with Gasteiger partial charge in [0.25, 0.3) is 0 Å². The Labute approximate surface area is 127 Å². The summed E-state index contributed by atoms with van der Waals surface area (Å²) >= 11 is 1.67. The Balaban J connectivity index is 1.98. The Bertz CT molecular complexity index is 826. The number of benzene rings is 1. The standard InChI is InChI=1S/C16H18N4S/c1-9-3-6-13-12(7-9)19-16(20(13)11-4-5-11)15-10(2)18-14(8-17)21-15/h3,6-7,11H,4-5,8,17H2,1-2H3. The molecule has 0 aliphatic heterocycles. The molecule has 0 spiro atoms. The third kappa shape index (κ3) is 2.08. The van der Waals surface area contributed by atoms with E-state index in [2.05, 4.69) is 34.7 Å². The van der Waals surface area contributed by atoms with Crippen molar-refractivity contribution in [3.05, 3.63) is 34.5 Å². The molecule has 1 aliphatic carbocycles. The molecule has 2 heterocycles. The van der Waals surface area contributed by atoms with Crippen molar-refractivity contribution in [3.8, 4) is 10.7 Å². The molecule has 1 saturated carbocycles. The van der Waals surface area contributed by atoms with Crippen molar-refractivity contribution in [2.45, 2.75) is 39.3 Å². The van der Waals surface area contributed by atoms with Gasteiger partial charge in [0.05, 0.1) is 21.6 Å². The van der Waals surface area contributed by atoms with E-state index in [9.17, 15) is 0 Å². The number of rotatable bonds is 3. The number of aromatic nitrogens is 3. The highest BCUT2D eigenvalue weighted by atomic mass is 32.1. The maximum atomic E-state index is 5.74. The monoisotopic (exact) mass is 298 g/mol. The Morgan fingerprint density at radius 1 is 1.29 bits per heavy atom. The summed E-state index contributed by atoms with van der Waals surface area (Å²) in [5, 5.41) is 0.980. The summed E-state index contributed by atoms with van der Waals surface area (Å²) in [7, 11) is 0. The molecule has 0 radical (unpaired) electrons. The second kappa shape index (κ2) is 4.64. The van der Waals surface area contributed by atoms with Gasteiger partial charge >= 0.3 is 0 Å². The molecule has 4 rings (SSSR count). The fraction of sp³-hybridized carbons (Fsp3) is 0.375. The van der Waals surface area contributed by atoms with Crippen LogP contribution in [0.2, 0.25) is 0 Å². The van der Waals surface area contributed by atoms with Crippen molar-refractivity contribution in [1.29, 1.82) is 0 Å². The van der Waals surface area contributed by atoms with Gasteiger partial charge in [-0.3, -0.25) is 0 Å². The SMILES string of the molecule is Cc1ccc2c(c1)nc(-c1sc(CN)nc1C)n2C1CC1. The van der Waals surface area contributed by atoms with Crippen LogP contribution in [-0.4, -0.2) is 14.5 Å². The van der Waals surface area contributed by atoms with E-state index >= 15 is 0 Å². The molecule has 0 bridgehead atoms. The van der Waals surface area contributed by atoms with Crippen LogP contribution in [0.5, 0.6) is 0 Å². The molecule has 2 N–H and O–H groups in total. The average Bonchev–Trinajstić information content (AvgIpc) is 3.13. The molecule has 3 aromatic rings. The highest BCUT2D eigenvalue weighted by Crippen LogP contribution is 2.43. The number of nitrogens with two attached hydrogens (primary N) is 1. The zero-order valence-corrected chi connectivity index (χ0v) is 13.1. The van der Waals surface area contributed by atoms with E-state index in [1.165, 1.54) is 23.9 Å². The molecule has 5 heteroatoms. The molecular weight excluding hydrogens is 280 g/mol. The maximum absolute atomic E-state index is 5.74. The molecule has 21 heavy (non-hydrogen) atoms. The van der Waals surface area contributed by atoms with Crippen LogP contribution in [-0.2, 0) is 6.54 Å². The second-order valence-corrected chi connectivity index (χ2v) is 6.84. The smallest absolute Gasteiger partial charge is 0.153 e. The van der Waals surface area contributed by atoms with Crippen molar-refractivity contribution in [2.24, 2.45) is 5.73 Å². The van der Waals surface area contributed by atoms with Crippen LogP contribution in [0.1, 0.15) is 35.1 Å². The Morgan fingerprint density at radius 3 is 2.76 bits per heavy atom. The van der Waals surface area contributed by atoms with E-state index < -0.39 is 0 Å². The van der Waals surface area contributed by atoms with Crippen molar-refractivity contribution in [3.63, 3.8) is 0 Å². The van der Waals surface area contributed by atoms with Crippen LogP contribution in [0.25, 0.3) is 21.7 Å². The average molecular weight is 298 g/mol. The fourth-order valence-electron chi connectivity index (χ4n) is 2.82. The molecule has 108 valence electrons. The quantitative estimate of drug-likeness (QED) is 0.804. The van der Waals surface area contributed by atoms with E-state index in [-0.39, 0.29) is 0 Å². The van der Waals surface area contributed by atoms with Gasteiger partial charge in [-0.15, -0.1) is 11.3 Å². The maximum Gasteiger partial charge on any atom is 0.153 e. The van der Waals surface area contributed by atoms with Gasteiger partial charge in [-0.2, -0.15) is 0 Å². The zero-order chi connectivity index (χ0) is 14.6. The topological polar surface area (TPSA) is 56.7 Å². The first-order chi connectivity index (χ1) is 10.2. The third-order valence-electron chi connectivity index (χ3n) is 3.98. The minimum Gasteiger partial charge on any atom is -0.325 e. The van der Waals surface area contributed by atoms with Crippen LogP contribution in [0.15, 0.2) is 18.2 Å². The number of nitrogens with zero attached hydrogens (tertiary/aromatic N) is 3. The van der Waals surface area contributed by atoms with Gasteiger partial charge in [-0.25, -0.2) is 9.97 Å². The van der Waals surface area contributed by atoms with Gasteiger partial charge in [-0.05, 0) is 44.4 Å². The molecule has 0 saturated heterocycles. The van der Waals surface area contributed by atoms with E-state index in [4.69, 9.17) is 10.7 Å². The predicted molar refractivity (Wildman–Crippen MR) is 86.5 cm³/mol. The molecule has 0 unspecified atom stereocenters. The number of thiazole rings is 1. The largest absolute Gasteiger partial charge is 0.325 e. The van der Waals surface area contributed by atoms with Gasteiger partial charge in [0, 0.05) is 12.6 Å². The lowest BCUT2D eigenvalue weighted by Crippen LogP contribution is -1.97. The lowest BCUT2D eigenvalue weighted by molar-refractivity contribution is 0.776. The summed E-state index contributed by atoms with van der Waals surface area (Å²) in [6.07, 6.45) is 2.49. The predicted octanol–water partition coefficient (Wildman–Crippen LogP) is 3.57. The van der Waals surface area contributed by atoms with Gasteiger partial charge < -0.3 is 10.3 Å². The van der Waals surface area contributed by atoms with Gasteiger partial charge in [0.15, 0.2) is 5.82 Å². The molecular formula is C16H18N4S. The Morgan fingerprint density at radius 2 is 2.10 bits per heavy atom. The van der Waals surface area contributed by atoms with Gasteiger partial charge in [0.1, 0.15) is 5.01 Å².